The number of amides is 1. The highest BCUT2D eigenvalue weighted by Gasteiger charge is 2.22. The Morgan fingerprint density at radius 2 is 2.29 bits per heavy atom. The van der Waals surface area contributed by atoms with Crippen molar-refractivity contribution in [3.63, 3.8) is 0 Å². The first-order valence-electron chi connectivity index (χ1n) is 7.46. The van der Waals surface area contributed by atoms with E-state index in [0.717, 1.165) is 35.7 Å². The summed E-state index contributed by atoms with van der Waals surface area (Å²) in [6, 6.07) is 8.61. The molecule has 0 spiro atoms. The highest BCUT2D eigenvalue weighted by Crippen LogP contribution is 2.25. The third kappa shape index (κ3) is 3.58. The molecular weight excluding hydrogens is 300 g/mol. The Labute approximate surface area is 133 Å². The number of aromatic nitrogens is 1. The average molecular weight is 320 g/mol. The molecule has 1 aromatic carbocycles. The molecule has 1 saturated heterocycles. The second-order valence-electron chi connectivity index (χ2n) is 5.50. The molecule has 1 unspecified atom stereocenters. The van der Waals surface area contributed by atoms with Crippen LogP contribution in [0.2, 0.25) is 0 Å². The number of rotatable bonds is 4. The summed E-state index contributed by atoms with van der Waals surface area (Å²) in [5, 5.41) is 1.11. The van der Waals surface area contributed by atoms with Gasteiger partial charge in [0, 0.05) is 18.3 Å². The molecule has 1 atom stereocenters. The van der Waals surface area contributed by atoms with Gasteiger partial charge in [0.25, 0.3) is 0 Å². The minimum Gasteiger partial charge on any atom is -0.339 e. The first kappa shape index (κ1) is 14.9. The second-order valence-corrected chi connectivity index (χ2v) is 7.60. The highest BCUT2D eigenvalue weighted by atomic mass is 32.2. The van der Waals surface area contributed by atoms with Crippen LogP contribution in [-0.2, 0) is 10.5 Å². The van der Waals surface area contributed by atoms with Crippen LogP contribution in [0.4, 0.5) is 0 Å². The first-order valence-corrected chi connectivity index (χ1v) is 9.43. The summed E-state index contributed by atoms with van der Waals surface area (Å²) in [6.07, 6.45) is 3.55. The van der Waals surface area contributed by atoms with Crippen molar-refractivity contribution >= 4 is 39.2 Å². The number of hydrogen-bond donors (Lipinski definition) is 0. The van der Waals surface area contributed by atoms with Crippen LogP contribution in [0.15, 0.2) is 24.3 Å². The molecule has 21 heavy (non-hydrogen) atoms. The topological polar surface area (TPSA) is 33.2 Å². The molecule has 1 aliphatic rings. The smallest absolute Gasteiger partial charge is 0.232 e. The van der Waals surface area contributed by atoms with Crippen molar-refractivity contribution in [3.8, 4) is 0 Å². The van der Waals surface area contributed by atoms with E-state index in [-0.39, 0.29) is 5.91 Å². The Hall–Kier alpha value is -1.07. The van der Waals surface area contributed by atoms with Gasteiger partial charge in [-0.05, 0) is 38.3 Å². The van der Waals surface area contributed by atoms with Gasteiger partial charge in [-0.15, -0.1) is 23.1 Å². The summed E-state index contributed by atoms with van der Waals surface area (Å²) in [4.78, 5) is 18.9. The maximum Gasteiger partial charge on any atom is 0.232 e. The zero-order valence-electron chi connectivity index (χ0n) is 12.2. The van der Waals surface area contributed by atoms with Crippen molar-refractivity contribution in [2.24, 2.45) is 0 Å². The fourth-order valence-corrected chi connectivity index (χ4v) is 4.69. The van der Waals surface area contributed by atoms with Gasteiger partial charge in [-0.1, -0.05) is 12.1 Å². The van der Waals surface area contributed by atoms with Gasteiger partial charge in [-0.25, -0.2) is 4.98 Å². The van der Waals surface area contributed by atoms with Crippen molar-refractivity contribution in [3.05, 3.63) is 29.3 Å². The van der Waals surface area contributed by atoms with Crippen molar-refractivity contribution < 1.29 is 4.79 Å². The maximum absolute atomic E-state index is 12.3. The van der Waals surface area contributed by atoms with Crippen molar-refractivity contribution in [1.82, 2.24) is 9.88 Å². The lowest BCUT2D eigenvalue weighted by Crippen LogP contribution is -2.42. The lowest BCUT2D eigenvalue weighted by Gasteiger charge is -2.33. The van der Waals surface area contributed by atoms with Crippen LogP contribution in [0.5, 0.6) is 0 Å². The van der Waals surface area contributed by atoms with Gasteiger partial charge < -0.3 is 4.90 Å². The number of thioether (sulfide) groups is 1. The molecular formula is C16H20N2OS2. The summed E-state index contributed by atoms with van der Waals surface area (Å²) in [7, 11) is 0. The number of nitrogens with zero attached hydrogens (tertiary/aromatic N) is 2. The van der Waals surface area contributed by atoms with Crippen LogP contribution in [0.1, 0.15) is 31.2 Å². The number of hydrogen-bond acceptors (Lipinski definition) is 4. The van der Waals surface area contributed by atoms with Crippen LogP contribution in [0, 0.1) is 0 Å². The van der Waals surface area contributed by atoms with Gasteiger partial charge in [-0.2, -0.15) is 0 Å². The number of carbonyl (C=O) groups is 1. The molecule has 1 amide bonds. The van der Waals surface area contributed by atoms with Crippen LogP contribution in [0.25, 0.3) is 10.2 Å². The monoisotopic (exact) mass is 320 g/mol. The van der Waals surface area contributed by atoms with Gasteiger partial charge in [0.2, 0.25) is 5.91 Å². The lowest BCUT2D eigenvalue weighted by molar-refractivity contribution is -0.131. The van der Waals surface area contributed by atoms with Gasteiger partial charge in [0.15, 0.2) is 0 Å². The van der Waals surface area contributed by atoms with Crippen molar-refractivity contribution in [2.75, 3.05) is 12.3 Å². The van der Waals surface area contributed by atoms with E-state index in [9.17, 15) is 4.79 Å². The van der Waals surface area contributed by atoms with E-state index in [2.05, 4.69) is 22.9 Å². The van der Waals surface area contributed by atoms with E-state index < -0.39 is 0 Å². The molecule has 5 heteroatoms. The van der Waals surface area contributed by atoms with E-state index in [4.69, 9.17) is 0 Å². The number of carbonyl (C=O) groups excluding carboxylic acids is 1. The number of likely N-dealkylation sites (tertiary alicyclic amines) is 1. The molecule has 112 valence electrons. The first-order chi connectivity index (χ1) is 10.2. The van der Waals surface area contributed by atoms with E-state index in [0.29, 0.717) is 11.8 Å². The van der Waals surface area contributed by atoms with E-state index in [1.807, 2.05) is 18.2 Å². The maximum atomic E-state index is 12.3. The molecule has 2 heterocycles. The van der Waals surface area contributed by atoms with Crippen molar-refractivity contribution in [2.45, 2.75) is 38.0 Å². The normalized spacial score (nSPS) is 19.1. The van der Waals surface area contributed by atoms with Crippen LogP contribution >= 0.6 is 23.1 Å². The minimum absolute atomic E-state index is 0.285. The Kier molecular flexibility index (Phi) is 4.80. The number of fused-ring (bicyclic) bond motifs is 1. The molecule has 0 radical (unpaired) electrons. The Morgan fingerprint density at radius 3 is 3.10 bits per heavy atom. The fraction of sp³-hybridized carbons (Fsp3) is 0.500. The summed E-state index contributed by atoms with van der Waals surface area (Å²) in [6.45, 7) is 3.09. The molecule has 0 N–H and O–H groups in total. The van der Waals surface area contributed by atoms with Crippen LogP contribution in [0.3, 0.4) is 0 Å². The molecule has 0 bridgehead atoms. The fourth-order valence-electron chi connectivity index (χ4n) is 2.76. The predicted molar refractivity (Wildman–Crippen MR) is 90.8 cm³/mol. The van der Waals surface area contributed by atoms with E-state index in [1.165, 1.54) is 11.1 Å². The summed E-state index contributed by atoms with van der Waals surface area (Å²) < 4.78 is 1.23. The number of benzene rings is 1. The largest absolute Gasteiger partial charge is 0.339 e. The second kappa shape index (κ2) is 6.79. The molecule has 1 fully saturated rings. The molecule has 0 aliphatic carbocycles. The molecule has 2 aromatic rings. The molecule has 3 nitrogen and oxygen atoms in total. The Balaban J connectivity index is 1.52. The SMILES string of the molecule is CC1CCCCN1C(=O)CSCc1nc2ccccc2s1. The third-order valence-electron chi connectivity index (χ3n) is 3.91. The van der Waals surface area contributed by atoms with Gasteiger partial charge >= 0.3 is 0 Å². The Bertz CT molecular complexity index is 593. The third-order valence-corrected chi connectivity index (χ3v) is 6.06. The quantitative estimate of drug-likeness (QED) is 0.856. The highest BCUT2D eigenvalue weighted by molar-refractivity contribution is 7.99. The lowest BCUT2D eigenvalue weighted by atomic mass is 10.0. The van der Waals surface area contributed by atoms with Crippen molar-refractivity contribution in [1.29, 1.82) is 0 Å². The number of thiazole rings is 1. The van der Waals surface area contributed by atoms with Gasteiger partial charge in [0.05, 0.1) is 16.0 Å². The van der Waals surface area contributed by atoms with Gasteiger partial charge in [-0.3, -0.25) is 4.79 Å². The van der Waals surface area contributed by atoms with E-state index in [1.54, 1.807) is 23.1 Å². The molecule has 0 saturated carbocycles. The predicted octanol–water partition coefficient (Wildman–Crippen LogP) is 3.93. The van der Waals surface area contributed by atoms with Gasteiger partial charge in [0.1, 0.15) is 5.01 Å². The molecule has 3 rings (SSSR count). The molecule has 1 aliphatic heterocycles. The minimum atomic E-state index is 0.285. The standard InChI is InChI=1S/C16H20N2OS2/c1-12-6-4-5-9-18(12)16(19)11-20-10-15-17-13-7-2-3-8-14(13)21-15/h2-3,7-8,12H,4-6,9-11H2,1H3. The summed E-state index contributed by atoms with van der Waals surface area (Å²) in [5.74, 6) is 1.68. The number of piperidine rings is 1. The summed E-state index contributed by atoms with van der Waals surface area (Å²) in [5.41, 5.74) is 1.06. The zero-order valence-corrected chi connectivity index (χ0v) is 13.9. The average Bonchev–Trinajstić information content (AvgIpc) is 2.90. The Morgan fingerprint density at radius 1 is 1.43 bits per heavy atom. The van der Waals surface area contributed by atoms with Crippen LogP contribution < -0.4 is 0 Å². The summed E-state index contributed by atoms with van der Waals surface area (Å²) >= 11 is 3.41. The van der Waals surface area contributed by atoms with Crippen LogP contribution in [-0.4, -0.2) is 34.1 Å². The number of para-hydroxylation sites is 1. The molecule has 1 aromatic heterocycles. The van der Waals surface area contributed by atoms with E-state index >= 15 is 0 Å². The zero-order chi connectivity index (χ0) is 14.7.